The van der Waals surface area contributed by atoms with E-state index in [0.717, 1.165) is 23.2 Å². The summed E-state index contributed by atoms with van der Waals surface area (Å²) in [5.41, 5.74) is 4.18. The van der Waals surface area contributed by atoms with Gasteiger partial charge in [-0.2, -0.15) is 0 Å². The van der Waals surface area contributed by atoms with Crippen LogP contribution >= 0.6 is 0 Å². The molecule has 0 bridgehead atoms. The molecule has 0 aliphatic carbocycles. The smallest absolute Gasteiger partial charge is 0.290 e. The van der Waals surface area contributed by atoms with Crippen LogP contribution in [0.15, 0.2) is 22.9 Å². The highest BCUT2D eigenvalue weighted by Crippen LogP contribution is 2.15. The van der Waals surface area contributed by atoms with Gasteiger partial charge in [-0.15, -0.1) is 0 Å². The van der Waals surface area contributed by atoms with Gasteiger partial charge in [0.2, 0.25) is 0 Å². The maximum atomic E-state index is 5.54. The van der Waals surface area contributed by atoms with Crippen LogP contribution in [0.4, 0.5) is 0 Å². The Balaban J connectivity index is 2.42. The molecule has 3 aromatic heterocycles. The summed E-state index contributed by atoms with van der Waals surface area (Å²) in [4.78, 5) is 4.33. The number of oxazole rings is 1. The maximum absolute atomic E-state index is 5.54. The van der Waals surface area contributed by atoms with Crippen LogP contribution in [-0.2, 0) is 13.5 Å². The van der Waals surface area contributed by atoms with E-state index < -0.39 is 0 Å². The van der Waals surface area contributed by atoms with Crippen LogP contribution < -0.4 is 4.40 Å². The van der Waals surface area contributed by atoms with Crippen molar-refractivity contribution in [2.75, 3.05) is 0 Å². The van der Waals surface area contributed by atoms with Crippen molar-refractivity contribution in [2.24, 2.45) is 7.05 Å². The van der Waals surface area contributed by atoms with Crippen molar-refractivity contribution in [3.05, 3.63) is 30.0 Å². The number of aryl methyl sites for hydroxylation is 3. The average Bonchev–Trinajstić information content (AvgIpc) is 2.75. The molecule has 4 heteroatoms. The Morgan fingerprint density at radius 2 is 2.25 bits per heavy atom. The quantitative estimate of drug-likeness (QED) is 0.581. The average molecular weight is 216 g/mol. The zero-order valence-electron chi connectivity index (χ0n) is 9.69. The van der Waals surface area contributed by atoms with Gasteiger partial charge in [0.25, 0.3) is 5.65 Å². The monoisotopic (exact) mass is 216 g/mol. The first kappa shape index (κ1) is 9.39. The van der Waals surface area contributed by atoms with Crippen LogP contribution in [0.1, 0.15) is 18.5 Å². The van der Waals surface area contributed by atoms with Crippen molar-refractivity contribution in [1.82, 2.24) is 9.55 Å². The number of imidazole rings is 1. The fourth-order valence-corrected chi connectivity index (χ4v) is 2.14. The van der Waals surface area contributed by atoms with E-state index in [1.807, 2.05) is 19.2 Å². The number of fused-ring (bicyclic) bond motifs is 2. The Bertz CT molecular complexity index is 678. The normalized spacial score (nSPS) is 11.7. The topological polar surface area (TPSA) is 35.1 Å². The molecule has 0 saturated heterocycles. The SMILES string of the molecule is CCc1c[n+]2cc3nc(C)oc3cc2n1C. The van der Waals surface area contributed by atoms with Crippen LogP contribution in [-0.4, -0.2) is 9.55 Å². The molecule has 82 valence electrons. The molecule has 3 heterocycles. The molecule has 4 nitrogen and oxygen atoms in total. The van der Waals surface area contributed by atoms with E-state index in [2.05, 4.69) is 34.1 Å². The predicted molar refractivity (Wildman–Crippen MR) is 60.3 cm³/mol. The Kier molecular flexibility index (Phi) is 1.80. The fourth-order valence-electron chi connectivity index (χ4n) is 2.14. The number of aromatic nitrogens is 3. The number of hydrogen-bond donors (Lipinski definition) is 0. The molecule has 0 unspecified atom stereocenters. The maximum Gasteiger partial charge on any atom is 0.290 e. The van der Waals surface area contributed by atoms with Gasteiger partial charge in [0.1, 0.15) is 23.6 Å². The van der Waals surface area contributed by atoms with Gasteiger partial charge in [-0.1, -0.05) is 6.92 Å². The highest BCUT2D eigenvalue weighted by atomic mass is 16.3. The van der Waals surface area contributed by atoms with Crippen LogP contribution in [0.3, 0.4) is 0 Å². The van der Waals surface area contributed by atoms with Gasteiger partial charge in [-0.25, -0.2) is 14.0 Å². The third kappa shape index (κ3) is 1.16. The first-order chi connectivity index (χ1) is 7.69. The molecule has 3 aromatic rings. The summed E-state index contributed by atoms with van der Waals surface area (Å²) >= 11 is 0. The molecular formula is C12H14N3O+. The highest BCUT2D eigenvalue weighted by molar-refractivity contribution is 5.73. The first-order valence-electron chi connectivity index (χ1n) is 5.46. The van der Waals surface area contributed by atoms with Crippen molar-refractivity contribution in [1.29, 1.82) is 0 Å². The molecule has 16 heavy (non-hydrogen) atoms. The lowest BCUT2D eigenvalue weighted by molar-refractivity contribution is -0.509. The van der Waals surface area contributed by atoms with Crippen LogP contribution in [0.2, 0.25) is 0 Å². The van der Waals surface area contributed by atoms with Crippen molar-refractivity contribution < 1.29 is 8.82 Å². The molecule has 0 aliphatic rings. The molecule has 0 radical (unpaired) electrons. The summed E-state index contributed by atoms with van der Waals surface area (Å²) in [6, 6.07) is 2.04. The second-order valence-electron chi connectivity index (χ2n) is 4.05. The molecule has 0 saturated carbocycles. The number of hydrogen-bond acceptors (Lipinski definition) is 2. The predicted octanol–water partition coefficient (Wildman–Crippen LogP) is 1.78. The standard InChI is InChI=1S/C12H14N3O/c1-4-9-6-15-7-10-11(16-8(2)13-10)5-12(15)14(9)3/h5-7H,4H2,1-3H3/q+1. The van der Waals surface area contributed by atoms with Crippen molar-refractivity contribution >= 4 is 16.7 Å². The zero-order chi connectivity index (χ0) is 11.3. The van der Waals surface area contributed by atoms with Crippen molar-refractivity contribution in [3.8, 4) is 0 Å². The lowest BCUT2D eigenvalue weighted by atomic mass is 10.4. The lowest BCUT2D eigenvalue weighted by Gasteiger charge is -1.90. The highest BCUT2D eigenvalue weighted by Gasteiger charge is 2.15. The summed E-state index contributed by atoms with van der Waals surface area (Å²) in [6.07, 6.45) is 5.17. The van der Waals surface area contributed by atoms with E-state index in [-0.39, 0.29) is 0 Å². The van der Waals surface area contributed by atoms with E-state index in [9.17, 15) is 0 Å². The molecule has 0 aromatic carbocycles. The Morgan fingerprint density at radius 3 is 3.00 bits per heavy atom. The minimum Gasteiger partial charge on any atom is -0.441 e. The third-order valence-electron chi connectivity index (χ3n) is 3.00. The van der Waals surface area contributed by atoms with Gasteiger partial charge >= 0.3 is 0 Å². The van der Waals surface area contributed by atoms with Gasteiger partial charge < -0.3 is 4.42 Å². The minimum absolute atomic E-state index is 0.710. The van der Waals surface area contributed by atoms with Crippen LogP contribution in [0, 0.1) is 6.92 Å². The molecule has 3 rings (SSSR count). The number of pyridine rings is 1. The van der Waals surface area contributed by atoms with Crippen LogP contribution in [0.25, 0.3) is 16.7 Å². The van der Waals surface area contributed by atoms with E-state index in [1.54, 1.807) is 0 Å². The molecule has 0 fully saturated rings. The lowest BCUT2D eigenvalue weighted by Crippen LogP contribution is -2.18. The van der Waals surface area contributed by atoms with Gasteiger partial charge in [0.05, 0.1) is 13.1 Å². The minimum atomic E-state index is 0.710. The second kappa shape index (κ2) is 3.07. The fraction of sp³-hybridized carbons (Fsp3) is 0.333. The second-order valence-corrected chi connectivity index (χ2v) is 4.05. The van der Waals surface area contributed by atoms with E-state index in [1.165, 1.54) is 5.69 Å². The largest absolute Gasteiger partial charge is 0.441 e. The molecule has 0 atom stereocenters. The Labute approximate surface area is 93.1 Å². The van der Waals surface area contributed by atoms with E-state index >= 15 is 0 Å². The Hall–Kier alpha value is -1.84. The van der Waals surface area contributed by atoms with Gasteiger partial charge in [-0.05, 0) is 0 Å². The summed E-state index contributed by atoms with van der Waals surface area (Å²) < 4.78 is 9.81. The number of nitrogens with zero attached hydrogens (tertiary/aromatic N) is 3. The van der Waals surface area contributed by atoms with Gasteiger partial charge in [0, 0.05) is 13.3 Å². The van der Waals surface area contributed by atoms with E-state index in [0.29, 0.717) is 5.89 Å². The summed E-state index contributed by atoms with van der Waals surface area (Å²) in [5, 5.41) is 0. The summed E-state index contributed by atoms with van der Waals surface area (Å²) in [7, 11) is 2.07. The van der Waals surface area contributed by atoms with Crippen LogP contribution in [0.5, 0.6) is 0 Å². The Morgan fingerprint density at radius 1 is 1.44 bits per heavy atom. The molecular weight excluding hydrogens is 202 g/mol. The molecule has 0 amide bonds. The van der Waals surface area contributed by atoms with Crippen molar-refractivity contribution in [3.63, 3.8) is 0 Å². The molecule has 0 N–H and O–H groups in total. The van der Waals surface area contributed by atoms with Gasteiger partial charge in [0.15, 0.2) is 11.5 Å². The summed E-state index contributed by atoms with van der Waals surface area (Å²) in [5.74, 6) is 0.710. The number of rotatable bonds is 1. The van der Waals surface area contributed by atoms with Gasteiger partial charge in [-0.3, -0.25) is 0 Å². The molecule has 0 aliphatic heterocycles. The van der Waals surface area contributed by atoms with E-state index in [4.69, 9.17) is 4.42 Å². The summed E-state index contributed by atoms with van der Waals surface area (Å²) in [6.45, 7) is 4.02. The zero-order valence-corrected chi connectivity index (χ0v) is 9.69. The first-order valence-corrected chi connectivity index (χ1v) is 5.46. The third-order valence-corrected chi connectivity index (χ3v) is 3.00. The van der Waals surface area contributed by atoms with Crippen molar-refractivity contribution in [2.45, 2.75) is 20.3 Å². The molecule has 0 spiro atoms.